The predicted molar refractivity (Wildman–Crippen MR) is 81.8 cm³/mol. The second-order valence-electron chi connectivity index (χ2n) is 5.88. The van der Waals surface area contributed by atoms with Gasteiger partial charge in [0.1, 0.15) is 0 Å². The summed E-state index contributed by atoms with van der Waals surface area (Å²) in [5, 5.41) is 12.5. The minimum absolute atomic E-state index is 0.0302. The smallest absolute Gasteiger partial charge is 0.161 e. The molecule has 3 rings (SSSR count). The SMILES string of the molecule is NCCCn1nnnc1C1(c2ccccc2)CCCCC1. The molecule has 0 radical (unpaired) electrons. The fourth-order valence-corrected chi connectivity index (χ4v) is 3.49. The van der Waals surface area contributed by atoms with Gasteiger partial charge in [-0.1, -0.05) is 49.6 Å². The normalized spacial score (nSPS) is 17.8. The van der Waals surface area contributed by atoms with Gasteiger partial charge < -0.3 is 5.73 Å². The Bertz CT molecular complexity index is 557. The molecule has 1 aliphatic rings. The maximum atomic E-state index is 5.64. The van der Waals surface area contributed by atoms with E-state index < -0.39 is 0 Å². The second-order valence-corrected chi connectivity index (χ2v) is 5.88. The summed E-state index contributed by atoms with van der Waals surface area (Å²) in [5.41, 5.74) is 6.95. The minimum Gasteiger partial charge on any atom is -0.330 e. The molecule has 1 saturated carbocycles. The van der Waals surface area contributed by atoms with Gasteiger partial charge in [-0.25, -0.2) is 4.68 Å². The van der Waals surface area contributed by atoms with Crippen molar-refractivity contribution >= 4 is 0 Å². The molecule has 5 nitrogen and oxygen atoms in total. The molecular weight excluding hydrogens is 262 g/mol. The lowest BCUT2D eigenvalue weighted by Crippen LogP contribution is -2.34. The lowest BCUT2D eigenvalue weighted by atomic mass is 9.69. The van der Waals surface area contributed by atoms with Gasteiger partial charge in [-0.15, -0.1) is 5.10 Å². The zero-order valence-electron chi connectivity index (χ0n) is 12.4. The van der Waals surface area contributed by atoms with Gasteiger partial charge in [0.05, 0.1) is 5.41 Å². The number of hydrogen-bond donors (Lipinski definition) is 1. The average Bonchev–Trinajstić information content (AvgIpc) is 3.03. The van der Waals surface area contributed by atoms with E-state index in [1.807, 2.05) is 4.68 Å². The van der Waals surface area contributed by atoms with Crippen molar-refractivity contribution in [2.24, 2.45) is 5.73 Å². The van der Waals surface area contributed by atoms with Crippen LogP contribution >= 0.6 is 0 Å². The fourth-order valence-electron chi connectivity index (χ4n) is 3.49. The Hall–Kier alpha value is -1.75. The monoisotopic (exact) mass is 285 g/mol. The van der Waals surface area contributed by atoms with Crippen LogP contribution in [-0.4, -0.2) is 26.8 Å². The van der Waals surface area contributed by atoms with Crippen LogP contribution in [0.5, 0.6) is 0 Å². The Labute approximate surface area is 125 Å². The van der Waals surface area contributed by atoms with E-state index in [2.05, 4.69) is 45.9 Å². The molecule has 1 fully saturated rings. The molecule has 21 heavy (non-hydrogen) atoms. The van der Waals surface area contributed by atoms with Crippen LogP contribution in [0.25, 0.3) is 0 Å². The van der Waals surface area contributed by atoms with Crippen molar-refractivity contribution in [2.45, 2.75) is 50.5 Å². The summed E-state index contributed by atoms with van der Waals surface area (Å²) >= 11 is 0. The van der Waals surface area contributed by atoms with E-state index in [1.54, 1.807) is 0 Å². The van der Waals surface area contributed by atoms with E-state index in [-0.39, 0.29) is 5.41 Å². The van der Waals surface area contributed by atoms with E-state index in [0.29, 0.717) is 6.54 Å². The summed E-state index contributed by atoms with van der Waals surface area (Å²) in [6.07, 6.45) is 6.93. The number of hydrogen-bond acceptors (Lipinski definition) is 4. The third-order valence-electron chi connectivity index (χ3n) is 4.57. The van der Waals surface area contributed by atoms with E-state index in [4.69, 9.17) is 5.73 Å². The van der Waals surface area contributed by atoms with E-state index in [0.717, 1.165) is 31.6 Å². The van der Waals surface area contributed by atoms with Gasteiger partial charge in [-0.05, 0) is 41.8 Å². The van der Waals surface area contributed by atoms with Crippen LogP contribution < -0.4 is 5.73 Å². The highest BCUT2D eigenvalue weighted by molar-refractivity contribution is 5.33. The van der Waals surface area contributed by atoms with Crippen LogP contribution in [0.2, 0.25) is 0 Å². The number of nitrogens with zero attached hydrogens (tertiary/aromatic N) is 4. The van der Waals surface area contributed by atoms with Crippen LogP contribution in [0.15, 0.2) is 30.3 Å². The van der Waals surface area contributed by atoms with E-state index >= 15 is 0 Å². The van der Waals surface area contributed by atoms with Gasteiger partial charge in [-0.3, -0.25) is 0 Å². The summed E-state index contributed by atoms with van der Waals surface area (Å²) in [5.74, 6) is 1.02. The molecule has 5 heteroatoms. The second kappa shape index (κ2) is 6.35. The molecule has 0 saturated heterocycles. The van der Waals surface area contributed by atoms with Crippen molar-refractivity contribution in [2.75, 3.05) is 6.54 Å². The molecule has 1 aromatic heterocycles. The van der Waals surface area contributed by atoms with Gasteiger partial charge in [0.15, 0.2) is 5.82 Å². The van der Waals surface area contributed by atoms with Crippen molar-refractivity contribution in [1.82, 2.24) is 20.2 Å². The van der Waals surface area contributed by atoms with Crippen molar-refractivity contribution < 1.29 is 0 Å². The number of aryl methyl sites for hydroxylation is 1. The topological polar surface area (TPSA) is 69.6 Å². The predicted octanol–water partition coefficient (Wildman–Crippen LogP) is 2.27. The standard InChI is InChI=1S/C16H23N5/c17-12-7-13-21-15(18-19-20-21)16(10-5-2-6-11-16)14-8-3-1-4-9-14/h1,3-4,8-9H,2,5-7,10-13,17H2. The zero-order chi connectivity index (χ0) is 14.5. The van der Waals surface area contributed by atoms with Crippen LogP contribution in [0, 0.1) is 0 Å². The van der Waals surface area contributed by atoms with Crippen LogP contribution in [0.1, 0.15) is 49.9 Å². The summed E-state index contributed by atoms with van der Waals surface area (Å²) in [6, 6.07) is 10.7. The molecule has 1 aromatic carbocycles. The average molecular weight is 285 g/mol. The van der Waals surface area contributed by atoms with Crippen LogP contribution in [-0.2, 0) is 12.0 Å². The molecule has 0 amide bonds. The molecule has 2 N–H and O–H groups in total. The van der Waals surface area contributed by atoms with Gasteiger partial charge in [-0.2, -0.15) is 0 Å². The molecule has 112 valence electrons. The summed E-state index contributed by atoms with van der Waals surface area (Å²) in [4.78, 5) is 0. The van der Waals surface area contributed by atoms with Gasteiger partial charge in [0.2, 0.25) is 0 Å². The Morgan fingerprint density at radius 2 is 1.86 bits per heavy atom. The molecule has 0 atom stereocenters. The molecular formula is C16H23N5. The van der Waals surface area contributed by atoms with Gasteiger partial charge in [0.25, 0.3) is 0 Å². The van der Waals surface area contributed by atoms with Gasteiger partial charge >= 0.3 is 0 Å². The molecule has 2 aromatic rings. The lowest BCUT2D eigenvalue weighted by molar-refractivity contribution is 0.314. The Morgan fingerprint density at radius 3 is 2.57 bits per heavy atom. The summed E-state index contributed by atoms with van der Waals surface area (Å²) in [6.45, 7) is 1.46. The van der Waals surface area contributed by atoms with Crippen LogP contribution in [0.3, 0.4) is 0 Å². The highest BCUT2D eigenvalue weighted by Gasteiger charge is 2.40. The van der Waals surface area contributed by atoms with E-state index in [9.17, 15) is 0 Å². The largest absolute Gasteiger partial charge is 0.330 e. The Kier molecular flexibility index (Phi) is 4.29. The number of aromatic nitrogens is 4. The third kappa shape index (κ3) is 2.70. The Balaban J connectivity index is 2.02. The number of benzene rings is 1. The zero-order valence-corrected chi connectivity index (χ0v) is 12.4. The maximum Gasteiger partial charge on any atom is 0.161 e. The maximum absolute atomic E-state index is 5.64. The Morgan fingerprint density at radius 1 is 1.10 bits per heavy atom. The molecule has 0 spiro atoms. The summed E-state index contributed by atoms with van der Waals surface area (Å²) in [7, 11) is 0. The summed E-state index contributed by atoms with van der Waals surface area (Å²) < 4.78 is 1.96. The first-order valence-electron chi connectivity index (χ1n) is 7.89. The number of nitrogens with two attached hydrogens (primary N) is 1. The van der Waals surface area contributed by atoms with Crippen molar-refractivity contribution in [1.29, 1.82) is 0 Å². The molecule has 0 aliphatic heterocycles. The van der Waals surface area contributed by atoms with Gasteiger partial charge in [0, 0.05) is 6.54 Å². The number of rotatable bonds is 5. The quantitative estimate of drug-likeness (QED) is 0.915. The fraction of sp³-hybridized carbons (Fsp3) is 0.562. The first-order valence-corrected chi connectivity index (χ1v) is 7.89. The third-order valence-corrected chi connectivity index (χ3v) is 4.57. The van der Waals surface area contributed by atoms with Crippen LogP contribution in [0.4, 0.5) is 0 Å². The highest BCUT2D eigenvalue weighted by Crippen LogP contribution is 2.43. The molecule has 1 heterocycles. The molecule has 0 bridgehead atoms. The highest BCUT2D eigenvalue weighted by atomic mass is 15.5. The molecule has 0 unspecified atom stereocenters. The first kappa shape index (κ1) is 14.2. The molecule has 1 aliphatic carbocycles. The van der Waals surface area contributed by atoms with Crippen molar-refractivity contribution in [3.05, 3.63) is 41.7 Å². The first-order chi connectivity index (χ1) is 10.4. The lowest BCUT2D eigenvalue weighted by Gasteiger charge is -2.36. The van der Waals surface area contributed by atoms with Crippen molar-refractivity contribution in [3.8, 4) is 0 Å². The van der Waals surface area contributed by atoms with E-state index in [1.165, 1.54) is 24.8 Å². The van der Waals surface area contributed by atoms with Crippen molar-refractivity contribution in [3.63, 3.8) is 0 Å². The minimum atomic E-state index is -0.0302. The number of tetrazole rings is 1.